The molecule has 1 atom stereocenters. The number of carboxylic acid groups (broad SMARTS) is 1. The third-order valence-corrected chi connectivity index (χ3v) is 3.12. The fourth-order valence-corrected chi connectivity index (χ4v) is 1.52. The Morgan fingerprint density at radius 3 is 2.44 bits per heavy atom. The van der Waals surface area contributed by atoms with E-state index in [0.717, 1.165) is 0 Å². The molecule has 0 aromatic carbocycles. The van der Waals surface area contributed by atoms with E-state index >= 15 is 0 Å². The summed E-state index contributed by atoms with van der Waals surface area (Å²) in [7, 11) is 1.72. The van der Waals surface area contributed by atoms with E-state index in [-0.39, 0.29) is 17.6 Å². The van der Waals surface area contributed by atoms with Crippen molar-refractivity contribution >= 4 is 11.9 Å². The first-order chi connectivity index (χ1) is 8.34. The standard InChI is InChI=1S/C13H18N2O3/c1-8(2)9(3)15(4)12(16)10-5-6-14-11(7-10)13(17)18/h5-9H,1-4H3,(H,17,18). The summed E-state index contributed by atoms with van der Waals surface area (Å²) in [5.41, 5.74) is 0.226. The van der Waals surface area contributed by atoms with Crippen LogP contribution in [0.25, 0.3) is 0 Å². The molecule has 1 amide bonds. The van der Waals surface area contributed by atoms with Gasteiger partial charge in [-0.15, -0.1) is 0 Å². The molecule has 0 aliphatic carbocycles. The van der Waals surface area contributed by atoms with Crippen LogP contribution in [-0.2, 0) is 0 Å². The van der Waals surface area contributed by atoms with Gasteiger partial charge in [-0.3, -0.25) is 4.79 Å². The number of hydrogen-bond donors (Lipinski definition) is 1. The van der Waals surface area contributed by atoms with Gasteiger partial charge >= 0.3 is 5.97 Å². The van der Waals surface area contributed by atoms with Crippen molar-refractivity contribution in [1.29, 1.82) is 0 Å². The lowest BCUT2D eigenvalue weighted by Crippen LogP contribution is -2.38. The second-order valence-corrected chi connectivity index (χ2v) is 4.64. The number of aromatic carboxylic acids is 1. The summed E-state index contributed by atoms with van der Waals surface area (Å²) >= 11 is 0. The molecule has 1 aromatic rings. The van der Waals surface area contributed by atoms with Crippen LogP contribution in [0.4, 0.5) is 0 Å². The van der Waals surface area contributed by atoms with E-state index in [4.69, 9.17) is 5.11 Å². The topological polar surface area (TPSA) is 70.5 Å². The molecule has 1 aromatic heterocycles. The predicted octanol–water partition coefficient (Wildman–Crippen LogP) is 1.90. The predicted molar refractivity (Wildman–Crippen MR) is 67.6 cm³/mol. The van der Waals surface area contributed by atoms with E-state index in [1.807, 2.05) is 20.8 Å². The molecule has 0 aliphatic rings. The highest BCUT2D eigenvalue weighted by atomic mass is 16.4. The quantitative estimate of drug-likeness (QED) is 0.886. The van der Waals surface area contributed by atoms with Crippen molar-refractivity contribution in [1.82, 2.24) is 9.88 Å². The van der Waals surface area contributed by atoms with Gasteiger partial charge in [0, 0.05) is 24.8 Å². The van der Waals surface area contributed by atoms with Crippen molar-refractivity contribution in [2.75, 3.05) is 7.05 Å². The van der Waals surface area contributed by atoms with Gasteiger partial charge in [0.15, 0.2) is 0 Å². The molecular weight excluding hydrogens is 232 g/mol. The lowest BCUT2D eigenvalue weighted by atomic mass is 10.0. The Morgan fingerprint density at radius 2 is 1.94 bits per heavy atom. The zero-order valence-electron chi connectivity index (χ0n) is 11.0. The van der Waals surface area contributed by atoms with E-state index < -0.39 is 5.97 Å². The smallest absolute Gasteiger partial charge is 0.354 e. The lowest BCUT2D eigenvalue weighted by Gasteiger charge is -2.28. The van der Waals surface area contributed by atoms with Crippen molar-refractivity contribution in [2.24, 2.45) is 5.92 Å². The molecule has 98 valence electrons. The molecule has 1 rings (SSSR count). The Labute approximate surface area is 106 Å². The van der Waals surface area contributed by atoms with E-state index in [2.05, 4.69) is 4.98 Å². The van der Waals surface area contributed by atoms with Gasteiger partial charge in [-0.2, -0.15) is 0 Å². The molecule has 1 heterocycles. The fourth-order valence-electron chi connectivity index (χ4n) is 1.52. The molecule has 0 radical (unpaired) electrons. The Kier molecular flexibility index (Phi) is 4.42. The van der Waals surface area contributed by atoms with E-state index in [0.29, 0.717) is 11.5 Å². The highest BCUT2D eigenvalue weighted by Crippen LogP contribution is 2.12. The minimum Gasteiger partial charge on any atom is -0.477 e. The Balaban J connectivity index is 2.97. The van der Waals surface area contributed by atoms with E-state index in [1.54, 1.807) is 11.9 Å². The second kappa shape index (κ2) is 5.62. The number of hydrogen-bond acceptors (Lipinski definition) is 3. The molecule has 0 saturated heterocycles. The summed E-state index contributed by atoms with van der Waals surface area (Å²) in [5.74, 6) is -0.995. The van der Waals surface area contributed by atoms with Crippen molar-refractivity contribution in [2.45, 2.75) is 26.8 Å². The van der Waals surface area contributed by atoms with Crippen LogP contribution >= 0.6 is 0 Å². The van der Waals surface area contributed by atoms with Crippen molar-refractivity contribution in [3.63, 3.8) is 0 Å². The molecule has 0 bridgehead atoms. The number of pyridine rings is 1. The summed E-state index contributed by atoms with van der Waals surface area (Å²) in [6.45, 7) is 6.02. The SMILES string of the molecule is CC(C)C(C)N(C)C(=O)c1ccnc(C(=O)O)c1. The zero-order valence-corrected chi connectivity index (χ0v) is 11.0. The Morgan fingerprint density at radius 1 is 1.33 bits per heavy atom. The molecule has 5 nitrogen and oxygen atoms in total. The van der Waals surface area contributed by atoms with Crippen LogP contribution in [0.1, 0.15) is 41.6 Å². The average molecular weight is 250 g/mol. The van der Waals surface area contributed by atoms with E-state index in [9.17, 15) is 9.59 Å². The first kappa shape index (κ1) is 14.2. The number of rotatable bonds is 4. The third kappa shape index (κ3) is 3.06. The monoisotopic (exact) mass is 250 g/mol. The molecule has 1 N–H and O–H groups in total. The van der Waals surface area contributed by atoms with Crippen LogP contribution < -0.4 is 0 Å². The number of carbonyl (C=O) groups excluding carboxylic acids is 1. The summed E-state index contributed by atoms with van der Waals surface area (Å²) in [6, 6.07) is 2.91. The van der Waals surface area contributed by atoms with Gasteiger partial charge in [0.05, 0.1) is 0 Å². The Hall–Kier alpha value is -1.91. The second-order valence-electron chi connectivity index (χ2n) is 4.64. The molecule has 0 saturated carbocycles. The highest BCUT2D eigenvalue weighted by Gasteiger charge is 2.20. The zero-order chi connectivity index (χ0) is 13.9. The van der Waals surface area contributed by atoms with Crippen LogP contribution in [-0.4, -0.2) is 40.0 Å². The number of aromatic nitrogens is 1. The van der Waals surface area contributed by atoms with Crippen LogP contribution in [0.2, 0.25) is 0 Å². The normalized spacial score (nSPS) is 12.3. The van der Waals surface area contributed by atoms with Crippen LogP contribution in [0.3, 0.4) is 0 Å². The molecule has 0 spiro atoms. The maximum Gasteiger partial charge on any atom is 0.354 e. The number of nitrogens with zero attached hydrogens (tertiary/aromatic N) is 2. The summed E-state index contributed by atoms with van der Waals surface area (Å²) in [4.78, 5) is 28.3. The fraction of sp³-hybridized carbons (Fsp3) is 0.462. The molecule has 5 heteroatoms. The first-order valence-electron chi connectivity index (χ1n) is 5.81. The highest BCUT2D eigenvalue weighted by molar-refractivity contribution is 5.96. The largest absolute Gasteiger partial charge is 0.477 e. The number of amides is 1. The van der Waals surface area contributed by atoms with Gasteiger partial charge in [0.25, 0.3) is 5.91 Å². The van der Waals surface area contributed by atoms with Gasteiger partial charge in [-0.05, 0) is 25.0 Å². The van der Waals surface area contributed by atoms with Gasteiger partial charge in [-0.1, -0.05) is 13.8 Å². The minimum atomic E-state index is -1.13. The third-order valence-electron chi connectivity index (χ3n) is 3.12. The van der Waals surface area contributed by atoms with Crippen LogP contribution in [0, 0.1) is 5.92 Å². The minimum absolute atomic E-state index is 0.0824. The van der Waals surface area contributed by atoms with Gasteiger partial charge in [0.1, 0.15) is 5.69 Å². The maximum atomic E-state index is 12.2. The lowest BCUT2D eigenvalue weighted by molar-refractivity contribution is 0.0690. The maximum absolute atomic E-state index is 12.2. The first-order valence-corrected chi connectivity index (χ1v) is 5.81. The molecule has 0 fully saturated rings. The molecule has 1 unspecified atom stereocenters. The number of carboxylic acids is 1. The van der Waals surface area contributed by atoms with Crippen molar-refractivity contribution in [3.8, 4) is 0 Å². The van der Waals surface area contributed by atoms with Crippen molar-refractivity contribution in [3.05, 3.63) is 29.6 Å². The van der Waals surface area contributed by atoms with Crippen molar-refractivity contribution < 1.29 is 14.7 Å². The molecule has 18 heavy (non-hydrogen) atoms. The van der Waals surface area contributed by atoms with Gasteiger partial charge in [0.2, 0.25) is 0 Å². The molecular formula is C13H18N2O3. The van der Waals surface area contributed by atoms with Crippen LogP contribution in [0.5, 0.6) is 0 Å². The van der Waals surface area contributed by atoms with Crippen LogP contribution in [0.15, 0.2) is 18.3 Å². The number of carbonyl (C=O) groups is 2. The average Bonchev–Trinajstić information content (AvgIpc) is 2.36. The van der Waals surface area contributed by atoms with E-state index in [1.165, 1.54) is 18.3 Å². The molecule has 0 aliphatic heterocycles. The van der Waals surface area contributed by atoms with Gasteiger partial charge < -0.3 is 10.0 Å². The summed E-state index contributed by atoms with van der Waals surface area (Å²) < 4.78 is 0. The Bertz CT molecular complexity index is 457. The summed E-state index contributed by atoms with van der Waals surface area (Å²) in [6.07, 6.45) is 1.34. The van der Waals surface area contributed by atoms with Gasteiger partial charge in [-0.25, -0.2) is 9.78 Å². The summed E-state index contributed by atoms with van der Waals surface area (Å²) in [5, 5.41) is 8.84.